The summed E-state index contributed by atoms with van der Waals surface area (Å²) in [7, 11) is 0. The third-order valence-electron chi connectivity index (χ3n) is 1.56. The number of rotatable bonds is 4. The summed E-state index contributed by atoms with van der Waals surface area (Å²) in [6, 6.07) is 0. The molecule has 0 radical (unpaired) electrons. The molecule has 0 heterocycles. The average Bonchev–Trinajstić information content (AvgIpc) is 2.04. The van der Waals surface area contributed by atoms with E-state index in [9.17, 15) is 13.9 Å². The van der Waals surface area contributed by atoms with Gasteiger partial charge < -0.3 is 5.11 Å². The minimum absolute atomic E-state index is 0.0897. The van der Waals surface area contributed by atoms with Crippen LogP contribution in [0.25, 0.3) is 0 Å². The van der Waals surface area contributed by atoms with E-state index < -0.39 is 12.0 Å². The van der Waals surface area contributed by atoms with E-state index in [-0.39, 0.29) is 5.70 Å². The Morgan fingerprint density at radius 2 is 2.14 bits per heavy atom. The zero-order valence-electron chi connectivity index (χ0n) is 7.97. The summed E-state index contributed by atoms with van der Waals surface area (Å²) < 4.78 is 25.2. The quantitative estimate of drug-likeness (QED) is 0.781. The maximum Gasteiger partial charge on any atom is 0.272 e. The third kappa shape index (κ3) is 3.67. The first-order chi connectivity index (χ1) is 6.32. The zero-order valence-corrected chi connectivity index (χ0v) is 9.55. The molecular formula is C9H12BrF2NO. The molecule has 0 aromatic rings. The van der Waals surface area contributed by atoms with E-state index in [2.05, 4.69) is 27.5 Å². The van der Waals surface area contributed by atoms with Crippen LogP contribution in [0.15, 0.2) is 27.8 Å². The Labute approximate surface area is 90.2 Å². The first-order valence-corrected chi connectivity index (χ1v) is 4.67. The monoisotopic (exact) mass is 267 g/mol. The van der Waals surface area contributed by atoms with Crippen LogP contribution in [-0.2, 0) is 0 Å². The Kier molecular flexibility index (Phi) is 5.15. The topological polar surface area (TPSA) is 32.6 Å². The largest absolute Gasteiger partial charge is 0.378 e. The predicted octanol–water partition coefficient (Wildman–Crippen LogP) is 2.89. The van der Waals surface area contributed by atoms with Gasteiger partial charge in [0.05, 0.1) is 5.70 Å². The predicted molar refractivity (Wildman–Crippen MR) is 56.9 cm³/mol. The Bertz CT molecular complexity index is 272. The molecule has 14 heavy (non-hydrogen) atoms. The van der Waals surface area contributed by atoms with Gasteiger partial charge in [-0.2, -0.15) is 0 Å². The van der Waals surface area contributed by atoms with E-state index in [0.717, 1.165) is 6.92 Å². The fraction of sp³-hybridized carbons (Fsp3) is 0.444. The molecule has 0 aromatic heterocycles. The van der Waals surface area contributed by atoms with Crippen LogP contribution in [0.4, 0.5) is 8.78 Å². The molecular weight excluding hydrogens is 256 g/mol. The summed E-state index contributed by atoms with van der Waals surface area (Å²) in [6.07, 6.45) is -0.292. The summed E-state index contributed by atoms with van der Waals surface area (Å²) in [5, 5.41) is 9.39. The van der Waals surface area contributed by atoms with Crippen molar-refractivity contribution in [1.29, 1.82) is 0 Å². The lowest BCUT2D eigenvalue weighted by atomic mass is 10.0. The van der Waals surface area contributed by atoms with E-state index >= 15 is 0 Å². The molecule has 0 aliphatic carbocycles. The van der Waals surface area contributed by atoms with Crippen LogP contribution in [0.5, 0.6) is 0 Å². The lowest BCUT2D eigenvalue weighted by molar-refractivity contribution is -0.0573. The lowest BCUT2D eigenvalue weighted by Crippen LogP contribution is -2.35. The van der Waals surface area contributed by atoms with Crippen molar-refractivity contribution < 1.29 is 13.9 Å². The van der Waals surface area contributed by atoms with E-state index in [1.807, 2.05) is 0 Å². The normalized spacial score (nSPS) is 17.5. The average molecular weight is 268 g/mol. The highest BCUT2D eigenvalue weighted by Gasteiger charge is 2.35. The van der Waals surface area contributed by atoms with Gasteiger partial charge >= 0.3 is 0 Å². The number of aliphatic imine (C=N–C) groups is 1. The number of nitrogens with zero attached hydrogens (tertiary/aromatic N) is 1. The highest BCUT2D eigenvalue weighted by atomic mass is 79.9. The molecule has 1 unspecified atom stereocenters. The fourth-order valence-electron chi connectivity index (χ4n) is 0.749. The van der Waals surface area contributed by atoms with E-state index in [1.54, 1.807) is 0 Å². The van der Waals surface area contributed by atoms with Gasteiger partial charge in [0.25, 0.3) is 6.43 Å². The van der Waals surface area contributed by atoms with Gasteiger partial charge in [-0.25, -0.2) is 8.78 Å². The van der Waals surface area contributed by atoms with E-state index in [4.69, 9.17) is 0 Å². The molecule has 0 saturated carbocycles. The molecule has 0 rings (SSSR count). The van der Waals surface area contributed by atoms with Gasteiger partial charge in [-0.1, -0.05) is 12.7 Å². The van der Waals surface area contributed by atoms with Crippen LogP contribution in [0.3, 0.4) is 0 Å². The third-order valence-corrected chi connectivity index (χ3v) is 1.77. The van der Waals surface area contributed by atoms with Crippen molar-refractivity contribution in [3.63, 3.8) is 0 Å². The van der Waals surface area contributed by atoms with Crippen LogP contribution in [0.1, 0.15) is 13.8 Å². The smallest absolute Gasteiger partial charge is 0.272 e. The molecule has 0 bridgehead atoms. The molecule has 5 heteroatoms. The standard InChI is InChI=1S/C9H12BrF2NO/c1-4-7(13-5-6(2)10)9(3,14)8(11)12/h4-5,8,14H,2H2,1,3H3/b7-4-,13-5-. The molecule has 1 N–H and O–H groups in total. The van der Waals surface area contributed by atoms with Crippen molar-refractivity contribution in [2.75, 3.05) is 0 Å². The Balaban J connectivity index is 4.84. The fourth-order valence-corrected chi connectivity index (χ4v) is 0.851. The second-order valence-corrected chi connectivity index (χ2v) is 3.85. The van der Waals surface area contributed by atoms with Crippen molar-refractivity contribution in [2.45, 2.75) is 25.9 Å². The highest BCUT2D eigenvalue weighted by Crippen LogP contribution is 2.25. The van der Waals surface area contributed by atoms with Crippen molar-refractivity contribution >= 4 is 22.1 Å². The van der Waals surface area contributed by atoms with Crippen molar-refractivity contribution in [1.82, 2.24) is 0 Å². The SMILES string of the molecule is C=C(Br)/C=N\C(=C/C)C(C)(O)C(F)F. The van der Waals surface area contributed by atoms with Crippen LogP contribution < -0.4 is 0 Å². The molecule has 80 valence electrons. The van der Waals surface area contributed by atoms with Gasteiger partial charge in [-0.3, -0.25) is 4.99 Å². The van der Waals surface area contributed by atoms with Crippen molar-refractivity contribution in [2.24, 2.45) is 4.99 Å². The van der Waals surface area contributed by atoms with Gasteiger partial charge in [-0.05, 0) is 29.8 Å². The Morgan fingerprint density at radius 1 is 1.64 bits per heavy atom. The molecule has 2 nitrogen and oxygen atoms in total. The number of alkyl halides is 2. The number of allylic oxidation sites excluding steroid dienone is 2. The molecule has 0 aliphatic rings. The maximum atomic E-state index is 12.4. The summed E-state index contributed by atoms with van der Waals surface area (Å²) >= 11 is 3.00. The van der Waals surface area contributed by atoms with Crippen LogP contribution in [-0.4, -0.2) is 23.3 Å². The van der Waals surface area contributed by atoms with Crippen LogP contribution in [0, 0.1) is 0 Å². The van der Waals surface area contributed by atoms with Crippen LogP contribution in [0.2, 0.25) is 0 Å². The first-order valence-electron chi connectivity index (χ1n) is 3.88. The van der Waals surface area contributed by atoms with Gasteiger partial charge in [0.15, 0.2) is 5.60 Å². The Hall–Kier alpha value is -0.550. The highest BCUT2D eigenvalue weighted by molar-refractivity contribution is 9.12. The second kappa shape index (κ2) is 5.36. The molecule has 1 atom stereocenters. The molecule has 0 amide bonds. The van der Waals surface area contributed by atoms with E-state index in [0.29, 0.717) is 4.48 Å². The number of halogens is 3. The minimum atomic E-state index is -2.88. The zero-order chi connectivity index (χ0) is 11.4. The lowest BCUT2D eigenvalue weighted by Gasteiger charge is -2.22. The van der Waals surface area contributed by atoms with Gasteiger partial charge in [0.1, 0.15) is 0 Å². The Morgan fingerprint density at radius 3 is 2.43 bits per heavy atom. The van der Waals surface area contributed by atoms with Crippen LogP contribution >= 0.6 is 15.9 Å². The summed E-state index contributed by atoms with van der Waals surface area (Å²) in [5.41, 5.74) is -2.32. The number of hydrogen-bond acceptors (Lipinski definition) is 2. The summed E-state index contributed by atoms with van der Waals surface area (Å²) in [4.78, 5) is 3.69. The van der Waals surface area contributed by atoms with Gasteiger partial charge in [-0.15, -0.1) is 0 Å². The first kappa shape index (κ1) is 13.4. The van der Waals surface area contributed by atoms with E-state index in [1.165, 1.54) is 19.2 Å². The second-order valence-electron chi connectivity index (χ2n) is 2.83. The van der Waals surface area contributed by atoms with Gasteiger partial charge in [0, 0.05) is 10.7 Å². The van der Waals surface area contributed by atoms with Crippen molar-refractivity contribution in [3.8, 4) is 0 Å². The number of aliphatic hydroxyl groups is 1. The minimum Gasteiger partial charge on any atom is -0.378 e. The van der Waals surface area contributed by atoms with Gasteiger partial charge in [0.2, 0.25) is 0 Å². The summed E-state index contributed by atoms with van der Waals surface area (Å²) in [6.45, 7) is 6.00. The molecule has 0 aliphatic heterocycles. The van der Waals surface area contributed by atoms with Crippen molar-refractivity contribution in [3.05, 3.63) is 22.8 Å². The molecule has 0 fully saturated rings. The maximum absolute atomic E-state index is 12.4. The number of hydrogen-bond donors (Lipinski definition) is 1. The molecule has 0 aromatic carbocycles. The molecule has 0 spiro atoms. The summed E-state index contributed by atoms with van der Waals surface area (Å²) in [5.74, 6) is 0. The molecule has 0 saturated heterocycles.